The summed E-state index contributed by atoms with van der Waals surface area (Å²) in [4.78, 5) is 6.87. The van der Waals surface area contributed by atoms with Gasteiger partial charge in [0.05, 0.1) is 15.9 Å². The lowest BCUT2D eigenvalue weighted by molar-refractivity contribution is 1.35. The maximum Gasteiger partial charge on any atom is 0.139 e. The van der Waals surface area contributed by atoms with Gasteiger partial charge in [-0.05, 0) is 6.07 Å². The highest BCUT2D eigenvalue weighted by atomic mass is 35.5. The molecule has 0 atom stereocenters. The van der Waals surface area contributed by atoms with Crippen molar-refractivity contribution in [1.29, 1.82) is 0 Å². The summed E-state index contributed by atoms with van der Waals surface area (Å²) in [6, 6.07) is 1.83. The minimum Gasteiger partial charge on any atom is -0.360 e. The fraction of sp³-hybridized carbons (Fsp3) is 0. The lowest BCUT2D eigenvalue weighted by Gasteiger charge is -1.91. The molecule has 0 amide bonds. The Hall–Kier alpha value is -0.730. The third kappa shape index (κ3) is 0.988. The van der Waals surface area contributed by atoms with Gasteiger partial charge in [-0.2, -0.15) is 0 Å². The highest BCUT2D eigenvalue weighted by molar-refractivity contribution is 6.41. The second-order valence-electron chi connectivity index (χ2n) is 2.16. The van der Waals surface area contributed by atoms with Crippen LogP contribution in [-0.4, -0.2) is 9.97 Å². The first kappa shape index (κ1) is 6.95. The fourth-order valence-corrected chi connectivity index (χ4v) is 1.55. The summed E-state index contributed by atoms with van der Waals surface area (Å²) in [6.07, 6.45) is 3.33. The molecule has 1 N–H and O–H groups in total. The number of nitrogens with one attached hydrogen (secondary N) is 1. The second-order valence-corrected chi connectivity index (χ2v) is 2.93. The molecule has 2 aromatic heterocycles. The summed E-state index contributed by atoms with van der Waals surface area (Å²) in [7, 11) is 0. The smallest absolute Gasteiger partial charge is 0.139 e. The topological polar surface area (TPSA) is 28.7 Å². The number of halogens is 2. The molecule has 0 saturated carbocycles. The molecule has 0 spiro atoms. The number of hydrogen-bond acceptors (Lipinski definition) is 1. The Balaban J connectivity index is 2.96. The molecule has 0 aliphatic rings. The van der Waals surface area contributed by atoms with Gasteiger partial charge in [-0.25, -0.2) is 4.98 Å². The molecule has 0 fully saturated rings. The Morgan fingerprint density at radius 1 is 1.36 bits per heavy atom. The largest absolute Gasteiger partial charge is 0.360 e. The molecular weight excluding hydrogens is 183 g/mol. The zero-order valence-electron chi connectivity index (χ0n) is 5.44. The molecule has 11 heavy (non-hydrogen) atoms. The molecule has 2 rings (SSSR count). The van der Waals surface area contributed by atoms with E-state index in [1.165, 1.54) is 0 Å². The van der Waals surface area contributed by atoms with Crippen LogP contribution >= 0.6 is 23.2 Å². The number of H-pyrrole nitrogens is 1. The zero-order chi connectivity index (χ0) is 7.84. The van der Waals surface area contributed by atoms with Crippen molar-refractivity contribution in [3.63, 3.8) is 0 Å². The van der Waals surface area contributed by atoms with Crippen molar-refractivity contribution in [2.45, 2.75) is 0 Å². The molecule has 2 nitrogen and oxygen atoms in total. The Bertz CT molecular complexity index is 394. The molecule has 0 bridgehead atoms. The van der Waals surface area contributed by atoms with Crippen LogP contribution in [0.1, 0.15) is 0 Å². The number of rotatable bonds is 0. The van der Waals surface area contributed by atoms with E-state index in [1.807, 2.05) is 6.07 Å². The molecule has 0 unspecified atom stereocenters. The SMILES string of the molecule is Clc1c[nH]c2ccnc(Cl)c12. The van der Waals surface area contributed by atoms with E-state index >= 15 is 0 Å². The first-order chi connectivity index (χ1) is 5.29. The van der Waals surface area contributed by atoms with Gasteiger partial charge in [0, 0.05) is 12.4 Å². The van der Waals surface area contributed by atoms with Crippen LogP contribution in [-0.2, 0) is 0 Å². The number of fused-ring (bicyclic) bond motifs is 1. The van der Waals surface area contributed by atoms with Crippen LogP contribution in [0.15, 0.2) is 18.5 Å². The third-order valence-corrected chi connectivity index (χ3v) is 2.08. The van der Waals surface area contributed by atoms with Crippen LogP contribution in [0.5, 0.6) is 0 Å². The highest BCUT2D eigenvalue weighted by Crippen LogP contribution is 2.27. The van der Waals surface area contributed by atoms with E-state index in [0.717, 1.165) is 10.9 Å². The number of aromatic nitrogens is 2. The number of nitrogens with zero attached hydrogens (tertiary/aromatic N) is 1. The molecule has 56 valence electrons. The summed E-state index contributed by atoms with van der Waals surface area (Å²) < 4.78 is 0. The molecule has 0 radical (unpaired) electrons. The Kier molecular flexibility index (Phi) is 1.51. The van der Waals surface area contributed by atoms with Crippen molar-refractivity contribution in [2.75, 3.05) is 0 Å². The lowest BCUT2D eigenvalue weighted by atomic mass is 10.3. The van der Waals surface area contributed by atoms with Crippen molar-refractivity contribution in [3.05, 3.63) is 28.6 Å². The number of hydrogen-bond donors (Lipinski definition) is 1. The maximum absolute atomic E-state index is 5.82. The Morgan fingerprint density at radius 2 is 2.18 bits per heavy atom. The summed E-state index contributed by atoms with van der Waals surface area (Å²) in [6.45, 7) is 0. The van der Waals surface area contributed by atoms with E-state index in [9.17, 15) is 0 Å². The second kappa shape index (κ2) is 2.40. The van der Waals surface area contributed by atoms with Gasteiger partial charge < -0.3 is 4.98 Å². The zero-order valence-corrected chi connectivity index (χ0v) is 6.95. The molecule has 0 saturated heterocycles. The van der Waals surface area contributed by atoms with Crippen molar-refractivity contribution in [3.8, 4) is 0 Å². The average Bonchev–Trinajstić information content (AvgIpc) is 2.34. The van der Waals surface area contributed by atoms with Gasteiger partial charge in [0.1, 0.15) is 5.15 Å². The van der Waals surface area contributed by atoms with Crippen LogP contribution in [0.25, 0.3) is 10.9 Å². The predicted octanol–water partition coefficient (Wildman–Crippen LogP) is 2.87. The van der Waals surface area contributed by atoms with Gasteiger partial charge in [0.25, 0.3) is 0 Å². The maximum atomic E-state index is 5.82. The average molecular weight is 187 g/mol. The van der Waals surface area contributed by atoms with Gasteiger partial charge in [-0.1, -0.05) is 23.2 Å². The van der Waals surface area contributed by atoms with E-state index < -0.39 is 0 Å². The highest BCUT2D eigenvalue weighted by Gasteiger charge is 2.04. The molecule has 2 heterocycles. The summed E-state index contributed by atoms with van der Waals surface area (Å²) in [5.74, 6) is 0. The van der Waals surface area contributed by atoms with Crippen LogP contribution in [0.2, 0.25) is 10.2 Å². The van der Waals surface area contributed by atoms with Crippen LogP contribution in [0.3, 0.4) is 0 Å². The standard InChI is InChI=1S/C7H4Cl2N2/c8-4-3-11-5-1-2-10-7(9)6(4)5/h1-3,11H. The Morgan fingerprint density at radius 3 is 2.91 bits per heavy atom. The van der Waals surface area contributed by atoms with Gasteiger partial charge in [-0.15, -0.1) is 0 Å². The van der Waals surface area contributed by atoms with Crippen LogP contribution < -0.4 is 0 Å². The molecule has 0 aliphatic heterocycles. The van der Waals surface area contributed by atoms with Crippen molar-refractivity contribution in [1.82, 2.24) is 9.97 Å². The van der Waals surface area contributed by atoms with Crippen molar-refractivity contribution < 1.29 is 0 Å². The number of aromatic amines is 1. The van der Waals surface area contributed by atoms with Crippen molar-refractivity contribution >= 4 is 34.1 Å². The van der Waals surface area contributed by atoms with Gasteiger partial charge >= 0.3 is 0 Å². The first-order valence-electron chi connectivity index (χ1n) is 3.06. The van der Waals surface area contributed by atoms with Crippen molar-refractivity contribution in [2.24, 2.45) is 0 Å². The summed E-state index contributed by atoms with van der Waals surface area (Å²) in [5.41, 5.74) is 0.912. The quantitative estimate of drug-likeness (QED) is 0.631. The minimum absolute atomic E-state index is 0.439. The molecule has 0 aromatic carbocycles. The monoisotopic (exact) mass is 186 g/mol. The van der Waals surface area contributed by atoms with E-state index in [4.69, 9.17) is 23.2 Å². The molecule has 0 aliphatic carbocycles. The first-order valence-corrected chi connectivity index (χ1v) is 3.82. The van der Waals surface area contributed by atoms with Crippen LogP contribution in [0, 0.1) is 0 Å². The van der Waals surface area contributed by atoms with E-state index in [-0.39, 0.29) is 0 Å². The lowest BCUT2D eigenvalue weighted by Crippen LogP contribution is -1.74. The molecular formula is C7H4Cl2N2. The van der Waals surface area contributed by atoms with Crippen LogP contribution in [0.4, 0.5) is 0 Å². The summed E-state index contributed by atoms with van der Waals surface area (Å²) in [5, 5.41) is 1.84. The Labute approximate surface area is 73.1 Å². The predicted molar refractivity (Wildman–Crippen MR) is 46.1 cm³/mol. The molecule has 2 aromatic rings. The minimum atomic E-state index is 0.439. The third-order valence-electron chi connectivity index (χ3n) is 1.50. The van der Waals surface area contributed by atoms with E-state index in [1.54, 1.807) is 12.4 Å². The van der Waals surface area contributed by atoms with Gasteiger partial charge in [-0.3, -0.25) is 0 Å². The van der Waals surface area contributed by atoms with E-state index in [0.29, 0.717) is 10.2 Å². The normalized spacial score (nSPS) is 10.7. The summed E-state index contributed by atoms with van der Waals surface area (Å²) >= 11 is 11.6. The number of pyridine rings is 1. The van der Waals surface area contributed by atoms with E-state index in [2.05, 4.69) is 9.97 Å². The molecule has 4 heteroatoms. The fourth-order valence-electron chi connectivity index (χ4n) is 0.997. The van der Waals surface area contributed by atoms with Gasteiger partial charge in [0.2, 0.25) is 0 Å². The van der Waals surface area contributed by atoms with Gasteiger partial charge in [0.15, 0.2) is 0 Å².